The van der Waals surface area contributed by atoms with Gasteiger partial charge in [-0.05, 0) is 46.8 Å². The quantitative estimate of drug-likeness (QED) is 0.908. The molecule has 0 spiro atoms. The van der Waals surface area contributed by atoms with Gasteiger partial charge in [0.15, 0.2) is 0 Å². The number of halogens is 1. The molecule has 0 aliphatic carbocycles. The van der Waals surface area contributed by atoms with E-state index in [1.165, 1.54) is 9.35 Å². The van der Waals surface area contributed by atoms with Crippen LogP contribution in [0.3, 0.4) is 0 Å². The Hall–Kier alpha value is -0.390. The van der Waals surface area contributed by atoms with E-state index < -0.39 is 0 Å². The third kappa shape index (κ3) is 2.16. The lowest BCUT2D eigenvalue weighted by atomic mass is 9.91. The van der Waals surface area contributed by atoms with Gasteiger partial charge in [-0.1, -0.05) is 0 Å². The number of thiophene rings is 1. The van der Waals surface area contributed by atoms with Gasteiger partial charge in [-0.25, -0.2) is 0 Å². The normalized spacial score (nSPS) is 29.1. The van der Waals surface area contributed by atoms with Crippen molar-refractivity contribution < 1.29 is 4.79 Å². The number of carbonyl (C=O) groups is 1. The molecule has 3 rings (SSSR count). The van der Waals surface area contributed by atoms with Crippen LogP contribution in [0.25, 0.3) is 0 Å². The summed E-state index contributed by atoms with van der Waals surface area (Å²) in [6.45, 7) is 2.90. The first-order valence-electron chi connectivity index (χ1n) is 5.99. The Labute approximate surface area is 113 Å². The predicted octanol–water partition coefficient (Wildman–Crippen LogP) is 2.22. The van der Waals surface area contributed by atoms with Crippen LogP contribution in [-0.4, -0.2) is 29.9 Å². The number of rotatable bonds is 2. The number of hydrogen-bond donors (Lipinski definition) is 1. The fourth-order valence-electron chi connectivity index (χ4n) is 2.86. The molecular formula is C12H15BrN2OS. The van der Waals surface area contributed by atoms with Crippen molar-refractivity contribution in [1.29, 1.82) is 0 Å². The molecule has 17 heavy (non-hydrogen) atoms. The van der Waals surface area contributed by atoms with Gasteiger partial charge in [-0.2, -0.15) is 0 Å². The summed E-state index contributed by atoms with van der Waals surface area (Å²) in [5.74, 6) is 0.479. The van der Waals surface area contributed by atoms with Crippen LogP contribution in [0.1, 0.15) is 17.7 Å². The minimum absolute atomic E-state index is 0.225. The van der Waals surface area contributed by atoms with Crippen molar-refractivity contribution >= 4 is 33.2 Å². The third-order valence-electron chi connectivity index (χ3n) is 3.75. The third-order valence-corrected chi connectivity index (χ3v) is 5.66. The van der Waals surface area contributed by atoms with Crippen molar-refractivity contribution in [3.63, 3.8) is 0 Å². The molecule has 2 unspecified atom stereocenters. The molecule has 0 radical (unpaired) electrons. The monoisotopic (exact) mass is 314 g/mol. The standard InChI is InChI=1S/C12H15BrN2OS/c13-9-3-5-17-11(9)7-15-4-1-2-8-10(15)6-14-12(8)16/h3,5,8,10H,1-2,4,6-7H2,(H,14,16). The summed E-state index contributed by atoms with van der Waals surface area (Å²) in [7, 11) is 0. The first-order chi connectivity index (χ1) is 8.25. The number of amides is 1. The molecule has 0 aromatic carbocycles. The summed E-state index contributed by atoms with van der Waals surface area (Å²) in [5.41, 5.74) is 0. The lowest BCUT2D eigenvalue weighted by Gasteiger charge is -2.35. The van der Waals surface area contributed by atoms with Gasteiger partial charge in [0.25, 0.3) is 0 Å². The smallest absolute Gasteiger partial charge is 0.224 e. The van der Waals surface area contributed by atoms with E-state index >= 15 is 0 Å². The largest absolute Gasteiger partial charge is 0.354 e. The van der Waals surface area contributed by atoms with Crippen LogP contribution in [0.4, 0.5) is 0 Å². The highest BCUT2D eigenvalue weighted by Crippen LogP contribution is 2.31. The van der Waals surface area contributed by atoms with Gasteiger partial charge in [0.05, 0.1) is 5.92 Å². The van der Waals surface area contributed by atoms with Crippen molar-refractivity contribution in [3.05, 3.63) is 20.8 Å². The second-order valence-electron chi connectivity index (χ2n) is 4.72. The van der Waals surface area contributed by atoms with Gasteiger partial charge >= 0.3 is 0 Å². The topological polar surface area (TPSA) is 32.3 Å². The van der Waals surface area contributed by atoms with Crippen molar-refractivity contribution in [2.24, 2.45) is 5.92 Å². The summed E-state index contributed by atoms with van der Waals surface area (Å²) >= 11 is 5.36. The summed E-state index contributed by atoms with van der Waals surface area (Å²) in [5, 5.41) is 5.11. The van der Waals surface area contributed by atoms with Crippen LogP contribution >= 0.6 is 27.3 Å². The number of nitrogens with one attached hydrogen (secondary N) is 1. The fourth-order valence-corrected chi connectivity index (χ4v) is 4.36. The Morgan fingerprint density at radius 3 is 3.24 bits per heavy atom. The summed E-state index contributed by atoms with van der Waals surface area (Å²) in [6.07, 6.45) is 2.19. The number of likely N-dealkylation sites (tertiary alicyclic amines) is 1. The van der Waals surface area contributed by atoms with E-state index in [4.69, 9.17) is 0 Å². The number of hydrogen-bond acceptors (Lipinski definition) is 3. The van der Waals surface area contributed by atoms with E-state index in [1.54, 1.807) is 11.3 Å². The molecule has 2 fully saturated rings. The first-order valence-corrected chi connectivity index (χ1v) is 7.66. The first kappa shape index (κ1) is 11.7. The second-order valence-corrected chi connectivity index (χ2v) is 6.58. The maximum atomic E-state index is 11.7. The van der Waals surface area contributed by atoms with Gasteiger partial charge in [0.1, 0.15) is 0 Å². The Morgan fingerprint density at radius 1 is 1.59 bits per heavy atom. The average Bonchev–Trinajstić information content (AvgIpc) is 2.89. The minimum atomic E-state index is 0.225. The number of piperidine rings is 1. The van der Waals surface area contributed by atoms with E-state index in [1.807, 2.05) is 0 Å². The molecule has 0 bridgehead atoms. The molecule has 1 amide bonds. The Bertz CT molecular complexity index is 434. The van der Waals surface area contributed by atoms with E-state index in [0.717, 1.165) is 32.5 Å². The highest BCUT2D eigenvalue weighted by Gasteiger charge is 2.40. The zero-order chi connectivity index (χ0) is 11.8. The second kappa shape index (κ2) is 4.71. The fraction of sp³-hybridized carbons (Fsp3) is 0.583. The van der Waals surface area contributed by atoms with Crippen LogP contribution in [-0.2, 0) is 11.3 Å². The average molecular weight is 315 g/mol. The number of carbonyl (C=O) groups excluding carboxylic acids is 1. The van der Waals surface area contributed by atoms with Crippen LogP contribution in [0.5, 0.6) is 0 Å². The molecule has 3 nitrogen and oxygen atoms in total. The predicted molar refractivity (Wildman–Crippen MR) is 72.0 cm³/mol. The molecule has 92 valence electrons. The van der Waals surface area contributed by atoms with Gasteiger partial charge in [-0.3, -0.25) is 9.69 Å². The lowest BCUT2D eigenvalue weighted by molar-refractivity contribution is -0.124. The van der Waals surface area contributed by atoms with Gasteiger partial charge in [0, 0.05) is 28.5 Å². The van der Waals surface area contributed by atoms with Gasteiger partial charge < -0.3 is 5.32 Å². The Balaban J connectivity index is 1.75. The Kier molecular flexibility index (Phi) is 3.23. The zero-order valence-electron chi connectivity index (χ0n) is 9.49. The van der Waals surface area contributed by atoms with Gasteiger partial charge in [-0.15, -0.1) is 11.3 Å². The van der Waals surface area contributed by atoms with E-state index in [9.17, 15) is 4.79 Å². The van der Waals surface area contributed by atoms with Crippen LogP contribution in [0.2, 0.25) is 0 Å². The molecule has 5 heteroatoms. The molecule has 2 aliphatic rings. The molecular weight excluding hydrogens is 300 g/mol. The maximum Gasteiger partial charge on any atom is 0.224 e. The summed E-state index contributed by atoms with van der Waals surface area (Å²) < 4.78 is 1.20. The SMILES string of the molecule is O=C1NCC2C1CCCN2Cc1sccc1Br. The molecule has 3 heterocycles. The van der Waals surface area contributed by atoms with Crippen molar-refractivity contribution in [3.8, 4) is 0 Å². The van der Waals surface area contributed by atoms with Crippen molar-refractivity contribution in [2.75, 3.05) is 13.1 Å². The zero-order valence-corrected chi connectivity index (χ0v) is 11.9. The van der Waals surface area contributed by atoms with Crippen molar-refractivity contribution in [1.82, 2.24) is 10.2 Å². The molecule has 1 aromatic heterocycles. The van der Waals surface area contributed by atoms with Crippen LogP contribution < -0.4 is 5.32 Å². The number of nitrogens with zero attached hydrogens (tertiary/aromatic N) is 1. The molecule has 1 aromatic rings. The van der Waals surface area contributed by atoms with E-state index in [2.05, 4.69) is 37.6 Å². The molecule has 1 N–H and O–H groups in total. The highest BCUT2D eigenvalue weighted by atomic mass is 79.9. The van der Waals surface area contributed by atoms with Crippen LogP contribution in [0.15, 0.2) is 15.9 Å². The molecule has 2 aliphatic heterocycles. The lowest BCUT2D eigenvalue weighted by Crippen LogP contribution is -2.44. The van der Waals surface area contributed by atoms with Gasteiger partial charge in [0.2, 0.25) is 5.91 Å². The maximum absolute atomic E-state index is 11.7. The van der Waals surface area contributed by atoms with E-state index in [-0.39, 0.29) is 11.8 Å². The summed E-state index contributed by atoms with van der Waals surface area (Å²) in [4.78, 5) is 15.5. The molecule has 2 saturated heterocycles. The number of fused-ring (bicyclic) bond motifs is 1. The van der Waals surface area contributed by atoms with E-state index in [0.29, 0.717) is 6.04 Å². The van der Waals surface area contributed by atoms with Crippen molar-refractivity contribution in [2.45, 2.75) is 25.4 Å². The minimum Gasteiger partial charge on any atom is -0.354 e. The summed E-state index contributed by atoms with van der Waals surface area (Å²) in [6, 6.07) is 2.50. The molecule has 2 atom stereocenters. The molecule has 0 saturated carbocycles. The Morgan fingerprint density at radius 2 is 2.47 bits per heavy atom. The van der Waals surface area contributed by atoms with Crippen LogP contribution in [0, 0.1) is 5.92 Å². The highest BCUT2D eigenvalue weighted by molar-refractivity contribution is 9.10.